The van der Waals surface area contributed by atoms with E-state index in [1.54, 1.807) is 0 Å². The first-order valence-electron chi connectivity index (χ1n) is 3.91. The SMILES string of the molecule is NC(C(=O)O)C(=O)c1ccc(F)c(F)c1. The highest BCUT2D eigenvalue weighted by Crippen LogP contribution is 2.10. The maximum absolute atomic E-state index is 12.7. The van der Waals surface area contributed by atoms with Crippen molar-refractivity contribution in [3.05, 3.63) is 35.4 Å². The molecule has 0 saturated heterocycles. The molecule has 6 heteroatoms. The summed E-state index contributed by atoms with van der Waals surface area (Å²) < 4.78 is 25.2. The van der Waals surface area contributed by atoms with Crippen molar-refractivity contribution in [3.8, 4) is 0 Å². The third-order valence-electron chi connectivity index (χ3n) is 1.75. The molecule has 0 aliphatic rings. The number of aliphatic carboxylic acids is 1. The topological polar surface area (TPSA) is 80.4 Å². The highest BCUT2D eigenvalue weighted by Gasteiger charge is 2.23. The normalized spacial score (nSPS) is 12.2. The Morgan fingerprint density at radius 3 is 2.33 bits per heavy atom. The van der Waals surface area contributed by atoms with E-state index >= 15 is 0 Å². The Hall–Kier alpha value is -1.82. The molecule has 0 amide bonds. The second-order valence-electron chi connectivity index (χ2n) is 2.81. The fourth-order valence-corrected chi connectivity index (χ4v) is 0.941. The van der Waals surface area contributed by atoms with Crippen molar-refractivity contribution in [3.63, 3.8) is 0 Å². The second-order valence-corrected chi connectivity index (χ2v) is 2.81. The Labute approximate surface area is 83.3 Å². The first-order valence-corrected chi connectivity index (χ1v) is 3.91. The number of carboxylic acids is 1. The largest absolute Gasteiger partial charge is 0.480 e. The molecule has 15 heavy (non-hydrogen) atoms. The van der Waals surface area contributed by atoms with Gasteiger partial charge in [-0.15, -0.1) is 0 Å². The zero-order valence-corrected chi connectivity index (χ0v) is 7.41. The summed E-state index contributed by atoms with van der Waals surface area (Å²) in [6.07, 6.45) is 0. The fourth-order valence-electron chi connectivity index (χ4n) is 0.941. The summed E-state index contributed by atoms with van der Waals surface area (Å²) in [5, 5.41) is 8.42. The zero-order valence-electron chi connectivity index (χ0n) is 7.41. The Bertz CT molecular complexity index is 420. The predicted molar refractivity (Wildman–Crippen MR) is 46.3 cm³/mol. The van der Waals surface area contributed by atoms with Gasteiger partial charge in [-0.25, -0.2) is 8.78 Å². The molecular formula is C9H7F2NO3. The van der Waals surface area contributed by atoms with E-state index in [9.17, 15) is 18.4 Å². The number of carbonyl (C=O) groups excluding carboxylic acids is 1. The predicted octanol–water partition coefficient (Wildman–Crippen LogP) is 0.559. The molecule has 80 valence electrons. The third kappa shape index (κ3) is 2.35. The molecule has 0 radical (unpaired) electrons. The van der Waals surface area contributed by atoms with Crippen LogP contribution in [0.25, 0.3) is 0 Å². The Kier molecular flexibility index (Phi) is 3.11. The third-order valence-corrected chi connectivity index (χ3v) is 1.75. The van der Waals surface area contributed by atoms with E-state index in [4.69, 9.17) is 10.8 Å². The first kappa shape index (κ1) is 11.3. The number of benzene rings is 1. The molecule has 4 nitrogen and oxygen atoms in total. The number of nitrogens with two attached hydrogens (primary N) is 1. The molecule has 0 bridgehead atoms. The number of Topliss-reactive ketones (excluding diaryl/α,β-unsaturated/α-hetero) is 1. The zero-order chi connectivity index (χ0) is 11.6. The van der Waals surface area contributed by atoms with Crippen LogP contribution in [0.4, 0.5) is 8.78 Å². The molecule has 0 aliphatic carbocycles. The molecule has 3 N–H and O–H groups in total. The Morgan fingerprint density at radius 2 is 1.87 bits per heavy atom. The Balaban J connectivity index is 3.02. The van der Waals surface area contributed by atoms with Crippen LogP contribution in [0, 0.1) is 11.6 Å². The van der Waals surface area contributed by atoms with Crippen LogP contribution in [0.2, 0.25) is 0 Å². The van der Waals surface area contributed by atoms with Gasteiger partial charge in [0.15, 0.2) is 23.5 Å². The van der Waals surface area contributed by atoms with Gasteiger partial charge in [0, 0.05) is 5.56 Å². The molecule has 1 aromatic carbocycles. The van der Waals surface area contributed by atoms with Crippen LogP contribution in [0.15, 0.2) is 18.2 Å². The van der Waals surface area contributed by atoms with Gasteiger partial charge >= 0.3 is 5.97 Å². The smallest absolute Gasteiger partial charge is 0.328 e. The lowest BCUT2D eigenvalue weighted by molar-refractivity contribution is -0.137. The van der Waals surface area contributed by atoms with Crippen LogP contribution in [0.1, 0.15) is 10.4 Å². The van der Waals surface area contributed by atoms with Gasteiger partial charge in [0.05, 0.1) is 0 Å². The number of ketones is 1. The van der Waals surface area contributed by atoms with Crippen LogP contribution in [0.3, 0.4) is 0 Å². The highest BCUT2D eigenvalue weighted by molar-refractivity contribution is 6.11. The lowest BCUT2D eigenvalue weighted by atomic mass is 10.0. The quantitative estimate of drug-likeness (QED) is 0.570. The summed E-state index contributed by atoms with van der Waals surface area (Å²) in [6, 6.07) is 0.552. The summed E-state index contributed by atoms with van der Waals surface area (Å²) in [4.78, 5) is 21.6. The minimum Gasteiger partial charge on any atom is -0.480 e. The molecule has 0 saturated carbocycles. The van der Waals surface area contributed by atoms with Crippen LogP contribution in [-0.2, 0) is 4.79 Å². The van der Waals surface area contributed by atoms with Gasteiger partial charge in [0.2, 0.25) is 0 Å². The van der Waals surface area contributed by atoms with Gasteiger partial charge in [-0.05, 0) is 18.2 Å². The van der Waals surface area contributed by atoms with Crippen molar-refractivity contribution in [2.75, 3.05) is 0 Å². The van der Waals surface area contributed by atoms with E-state index in [2.05, 4.69) is 0 Å². The van der Waals surface area contributed by atoms with Crippen LogP contribution in [0.5, 0.6) is 0 Å². The lowest BCUT2D eigenvalue weighted by Gasteiger charge is -2.05. The summed E-state index contributed by atoms with van der Waals surface area (Å²) >= 11 is 0. The summed E-state index contributed by atoms with van der Waals surface area (Å²) in [5.74, 6) is -4.83. The molecule has 1 aromatic rings. The molecular weight excluding hydrogens is 208 g/mol. The maximum Gasteiger partial charge on any atom is 0.328 e. The van der Waals surface area contributed by atoms with E-state index in [0.29, 0.717) is 6.07 Å². The lowest BCUT2D eigenvalue weighted by Crippen LogP contribution is -2.38. The van der Waals surface area contributed by atoms with Crippen molar-refractivity contribution in [2.45, 2.75) is 6.04 Å². The monoisotopic (exact) mass is 215 g/mol. The minimum atomic E-state index is -1.77. The van der Waals surface area contributed by atoms with E-state index in [-0.39, 0.29) is 5.56 Å². The Morgan fingerprint density at radius 1 is 1.27 bits per heavy atom. The summed E-state index contributed by atoms with van der Waals surface area (Å²) in [7, 11) is 0. The van der Waals surface area contributed by atoms with Crippen molar-refractivity contribution in [1.29, 1.82) is 0 Å². The number of hydrogen-bond acceptors (Lipinski definition) is 3. The molecule has 0 heterocycles. The van der Waals surface area contributed by atoms with Crippen LogP contribution >= 0.6 is 0 Å². The van der Waals surface area contributed by atoms with Crippen LogP contribution in [-0.4, -0.2) is 22.9 Å². The van der Waals surface area contributed by atoms with Crippen molar-refractivity contribution in [1.82, 2.24) is 0 Å². The average molecular weight is 215 g/mol. The maximum atomic E-state index is 12.7. The van der Waals surface area contributed by atoms with Gasteiger partial charge in [0.25, 0.3) is 0 Å². The van der Waals surface area contributed by atoms with Gasteiger partial charge in [-0.3, -0.25) is 9.59 Å². The molecule has 0 aliphatic heterocycles. The second kappa shape index (κ2) is 4.14. The minimum absolute atomic E-state index is 0.274. The number of carbonyl (C=O) groups is 2. The van der Waals surface area contributed by atoms with Gasteiger partial charge < -0.3 is 10.8 Å². The molecule has 0 spiro atoms. The fraction of sp³-hybridized carbons (Fsp3) is 0.111. The van der Waals surface area contributed by atoms with Gasteiger partial charge in [0.1, 0.15) is 0 Å². The van der Waals surface area contributed by atoms with E-state index in [0.717, 1.165) is 12.1 Å². The van der Waals surface area contributed by atoms with E-state index < -0.39 is 29.4 Å². The van der Waals surface area contributed by atoms with Crippen molar-refractivity contribution < 1.29 is 23.5 Å². The molecule has 1 atom stereocenters. The number of rotatable bonds is 3. The first-order chi connectivity index (χ1) is 6.93. The van der Waals surface area contributed by atoms with Crippen molar-refractivity contribution >= 4 is 11.8 Å². The average Bonchev–Trinajstić information content (AvgIpc) is 2.19. The number of hydrogen-bond donors (Lipinski definition) is 2. The van der Waals surface area contributed by atoms with E-state index in [1.165, 1.54) is 0 Å². The summed E-state index contributed by atoms with van der Waals surface area (Å²) in [5.41, 5.74) is 4.74. The summed E-state index contributed by atoms with van der Waals surface area (Å²) in [6.45, 7) is 0. The molecule has 1 unspecified atom stereocenters. The van der Waals surface area contributed by atoms with Gasteiger partial charge in [-0.2, -0.15) is 0 Å². The number of halogens is 2. The molecule has 0 fully saturated rings. The standard InChI is InChI=1S/C9H7F2NO3/c10-5-2-1-4(3-6(5)11)8(13)7(12)9(14)15/h1-3,7H,12H2,(H,14,15). The van der Waals surface area contributed by atoms with E-state index in [1.807, 2.05) is 0 Å². The molecule has 0 aromatic heterocycles. The van der Waals surface area contributed by atoms with Crippen molar-refractivity contribution in [2.24, 2.45) is 5.73 Å². The highest BCUT2D eigenvalue weighted by atomic mass is 19.2. The molecule has 1 rings (SSSR count). The number of carboxylic acid groups (broad SMARTS) is 1. The van der Waals surface area contributed by atoms with Gasteiger partial charge in [-0.1, -0.05) is 0 Å². The van der Waals surface area contributed by atoms with Crippen LogP contribution < -0.4 is 5.73 Å².